The number of hydrogen-bond donors (Lipinski definition) is 1. The minimum atomic E-state index is -3.72. The Morgan fingerprint density at radius 2 is 1.96 bits per heavy atom. The Bertz CT molecular complexity index is 740. The molecule has 2 rings (SSSR count). The fourth-order valence-electron chi connectivity index (χ4n) is 3.24. The number of carbonyl (C=O) groups excluding carboxylic acids is 1. The van der Waals surface area contributed by atoms with E-state index in [0.29, 0.717) is 35.4 Å². The van der Waals surface area contributed by atoms with Gasteiger partial charge in [0.2, 0.25) is 15.9 Å². The maximum absolute atomic E-state index is 13.1. The average Bonchev–Trinajstić information content (AvgIpc) is 2.93. The summed E-state index contributed by atoms with van der Waals surface area (Å²) in [6.07, 6.45) is 6.32. The zero-order valence-corrected chi connectivity index (χ0v) is 14.5. The van der Waals surface area contributed by atoms with Gasteiger partial charge in [-0.1, -0.05) is 23.6 Å². The maximum atomic E-state index is 13.1. The quantitative estimate of drug-likeness (QED) is 0.849. The number of nitrogens with one attached hydrogen (secondary N) is 1. The van der Waals surface area contributed by atoms with Crippen LogP contribution in [-0.2, 0) is 14.8 Å². The molecule has 124 valence electrons. The normalized spacial score (nSPS) is 18.6. The van der Waals surface area contributed by atoms with E-state index in [-0.39, 0.29) is 12.5 Å². The second-order valence-corrected chi connectivity index (χ2v) is 7.75. The molecule has 0 spiro atoms. The minimum absolute atomic E-state index is 0.103. The third-order valence-electron chi connectivity index (χ3n) is 4.04. The fourth-order valence-corrected chi connectivity index (χ4v) is 5.31. The molecule has 6 heteroatoms. The van der Waals surface area contributed by atoms with Crippen LogP contribution in [0, 0.1) is 33.1 Å². The molecule has 1 N–H and O–H groups in total. The molecule has 1 aromatic carbocycles. The van der Waals surface area contributed by atoms with Crippen LogP contribution in [0.1, 0.15) is 29.5 Å². The molecular weight excluding hydrogens is 312 g/mol. The highest BCUT2D eigenvalue weighted by molar-refractivity contribution is 7.89. The van der Waals surface area contributed by atoms with Gasteiger partial charge in [0.1, 0.15) is 6.04 Å². The van der Waals surface area contributed by atoms with Gasteiger partial charge >= 0.3 is 0 Å². The van der Waals surface area contributed by atoms with Crippen molar-refractivity contribution in [1.82, 2.24) is 9.62 Å². The summed E-state index contributed by atoms with van der Waals surface area (Å²) < 4.78 is 27.5. The molecule has 1 saturated heterocycles. The van der Waals surface area contributed by atoms with E-state index in [4.69, 9.17) is 6.42 Å². The lowest BCUT2D eigenvalue weighted by Crippen LogP contribution is -2.46. The summed E-state index contributed by atoms with van der Waals surface area (Å²) in [5.74, 6) is 2.00. The highest BCUT2D eigenvalue weighted by atomic mass is 32.2. The number of benzene rings is 1. The van der Waals surface area contributed by atoms with E-state index < -0.39 is 16.1 Å². The fraction of sp³-hybridized carbons (Fsp3) is 0.471. The third-order valence-corrected chi connectivity index (χ3v) is 6.26. The van der Waals surface area contributed by atoms with Crippen molar-refractivity contribution in [3.8, 4) is 12.3 Å². The van der Waals surface area contributed by atoms with Gasteiger partial charge in [0.25, 0.3) is 0 Å². The highest BCUT2D eigenvalue weighted by Crippen LogP contribution is 2.30. The van der Waals surface area contributed by atoms with Crippen LogP contribution in [0.15, 0.2) is 17.0 Å². The van der Waals surface area contributed by atoms with Crippen molar-refractivity contribution in [3.05, 3.63) is 28.8 Å². The Kier molecular flexibility index (Phi) is 5.12. The molecule has 1 unspecified atom stereocenters. The van der Waals surface area contributed by atoms with Crippen molar-refractivity contribution in [2.75, 3.05) is 13.1 Å². The number of hydrogen-bond acceptors (Lipinski definition) is 3. The lowest BCUT2D eigenvalue weighted by Gasteiger charge is -2.25. The SMILES string of the molecule is C#CCNC(=O)C1CCCN1S(=O)(=O)c1c(C)cc(C)cc1C. The first kappa shape index (κ1) is 17.5. The number of aryl methyl sites for hydroxylation is 3. The topological polar surface area (TPSA) is 66.5 Å². The average molecular weight is 334 g/mol. The Morgan fingerprint density at radius 3 is 2.52 bits per heavy atom. The second kappa shape index (κ2) is 6.73. The summed E-state index contributed by atoms with van der Waals surface area (Å²) in [5.41, 5.74) is 2.43. The van der Waals surface area contributed by atoms with Crippen LogP contribution in [0.4, 0.5) is 0 Å². The van der Waals surface area contributed by atoms with E-state index in [1.54, 1.807) is 13.8 Å². The van der Waals surface area contributed by atoms with Gasteiger partial charge < -0.3 is 5.32 Å². The summed E-state index contributed by atoms with van der Waals surface area (Å²) in [6.45, 7) is 5.96. The molecule has 0 bridgehead atoms. The summed E-state index contributed by atoms with van der Waals surface area (Å²) in [5, 5.41) is 2.58. The van der Waals surface area contributed by atoms with Crippen molar-refractivity contribution in [3.63, 3.8) is 0 Å². The van der Waals surface area contributed by atoms with Crippen LogP contribution in [0.5, 0.6) is 0 Å². The van der Waals surface area contributed by atoms with Crippen LogP contribution in [0.2, 0.25) is 0 Å². The van der Waals surface area contributed by atoms with Gasteiger partial charge in [0.05, 0.1) is 11.4 Å². The molecule has 5 nitrogen and oxygen atoms in total. The summed E-state index contributed by atoms with van der Waals surface area (Å²) in [7, 11) is -3.72. The largest absolute Gasteiger partial charge is 0.344 e. The molecule has 1 aliphatic rings. The van der Waals surface area contributed by atoms with Crippen molar-refractivity contribution in [1.29, 1.82) is 0 Å². The maximum Gasteiger partial charge on any atom is 0.244 e. The van der Waals surface area contributed by atoms with E-state index in [1.807, 2.05) is 19.1 Å². The number of carbonyl (C=O) groups is 1. The lowest BCUT2D eigenvalue weighted by atomic mass is 10.1. The molecule has 0 radical (unpaired) electrons. The molecule has 0 aromatic heterocycles. The van der Waals surface area contributed by atoms with E-state index in [1.165, 1.54) is 4.31 Å². The van der Waals surface area contributed by atoms with Gasteiger partial charge in [0, 0.05) is 6.54 Å². The first-order valence-corrected chi connectivity index (χ1v) is 9.04. The van der Waals surface area contributed by atoms with E-state index in [9.17, 15) is 13.2 Å². The predicted octanol–water partition coefficient (Wildman–Crippen LogP) is 1.51. The van der Waals surface area contributed by atoms with Crippen molar-refractivity contribution in [2.24, 2.45) is 0 Å². The van der Waals surface area contributed by atoms with E-state index in [2.05, 4.69) is 11.2 Å². The standard InChI is InChI=1S/C17H22N2O3S/c1-5-8-18-17(20)15-7-6-9-19(15)23(21,22)16-13(3)10-12(2)11-14(16)4/h1,10-11,15H,6-9H2,2-4H3,(H,18,20). The highest BCUT2D eigenvalue weighted by Gasteiger charge is 2.40. The predicted molar refractivity (Wildman–Crippen MR) is 89.4 cm³/mol. The molecule has 1 amide bonds. The van der Waals surface area contributed by atoms with Gasteiger partial charge in [-0.15, -0.1) is 6.42 Å². The lowest BCUT2D eigenvalue weighted by molar-refractivity contribution is -0.123. The van der Waals surface area contributed by atoms with Crippen molar-refractivity contribution in [2.45, 2.75) is 44.6 Å². The van der Waals surface area contributed by atoms with Gasteiger partial charge in [-0.05, 0) is 44.7 Å². The molecule has 0 saturated carbocycles. The molecular formula is C17H22N2O3S. The summed E-state index contributed by atoms with van der Waals surface area (Å²) in [4.78, 5) is 12.5. The Balaban J connectivity index is 2.40. The monoisotopic (exact) mass is 334 g/mol. The third kappa shape index (κ3) is 3.41. The number of sulfonamides is 1. The van der Waals surface area contributed by atoms with Crippen molar-refractivity contribution < 1.29 is 13.2 Å². The second-order valence-electron chi connectivity index (χ2n) is 5.92. The number of terminal acetylenes is 1. The zero-order chi connectivity index (χ0) is 17.2. The molecule has 23 heavy (non-hydrogen) atoms. The van der Waals surface area contributed by atoms with Gasteiger partial charge in [-0.2, -0.15) is 4.31 Å². The molecule has 1 aromatic rings. The molecule has 1 fully saturated rings. The summed E-state index contributed by atoms with van der Waals surface area (Å²) in [6, 6.07) is 3.01. The molecule has 1 heterocycles. The smallest absolute Gasteiger partial charge is 0.244 e. The van der Waals surface area contributed by atoms with Crippen LogP contribution < -0.4 is 5.32 Å². The number of amides is 1. The summed E-state index contributed by atoms with van der Waals surface area (Å²) >= 11 is 0. The molecule has 1 atom stereocenters. The van der Waals surface area contributed by atoms with Crippen LogP contribution >= 0.6 is 0 Å². The zero-order valence-electron chi connectivity index (χ0n) is 13.7. The Hall–Kier alpha value is -1.84. The first-order chi connectivity index (χ1) is 10.8. The van der Waals surface area contributed by atoms with Crippen LogP contribution in [0.25, 0.3) is 0 Å². The van der Waals surface area contributed by atoms with Gasteiger partial charge in [-0.3, -0.25) is 4.79 Å². The van der Waals surface area contributed by atoms with Crippen molar-refractivity contribution >= 4 is 15.9 Å². The van der Waals surface area contributed by atoms with Gasteiger partial charge in [-0.25, -0.2) is 8.42 Å². The molecule has 0 aliphatic carbocycles. The molecule has 1 aliphatic heterocycles. The van der Waals surface area contributed by atoms with E-state index in [0.717, 1.165) is 5.56 Å². The minimum Gasteiger partial charge on any atom is -0.344 e. The first-order valence-electron chi connectivity index (χ1n) is 7.60. The van der Waals surface area contributed by atoms with Crippen LogP contribution in [0.3, 0.4) is 0 Å². The number of nitrogens with zero attached hydrogens (tertiary/aromatic N) is 1. The van der Waals surface area contributed by atoms with Crippen LogP contribution in [-0.4, -0.2) is 37.8 Å². The number of rotatable bonds is 4. The van der Waals surface area contributed by atoms with E-state index >= 15 is 0 Å². The Labute approximate surface area is 138 Å². The van der Waals surface area contributed by atoms with Gasteiger partial charge in [0.15, 0.2) is 0 Å². The Morgan fingerprint density at radius 1 is 1.35 bits per heavy atom.